The molecule has 0 saturated heterocycles. The van der Waals surface area contributed by atoms with Crippen LogP contribution in [-0.4, -0.2) is 26.5 Å². The van der Waals surface area contributed by atoms with E-state index in [1.807, 2.05) is 0 Å². The van der Waals surface area contributed by atoms with Crippen molar-refractivity contribution in [3.63, 3.8) is 0 Å². The minimum atomic E-state index is -3.49. The summed E-state index contributed by atoms with van der Waals surface area (Å²) in [4.78, 5) is 0. The molecule has 1 heterocycles. The molecule has 112 valence electrons. The minimum absolute atomic E-state index is 0.0664. The smallest absolute Gasteiger partial charge is 0.250 e. The summed E-state index contributed by atoms with van der Waals surface area (Å²) in [5.41, 5.74) is 1.48. The largest absolute Gasteiger partial charge is 0.382 e. The fraction of sp³-hybridized carbons (Fsp3) is 0.583. The summed E-state index contributed by atoms with van der Waals surface area (Å²) in [5.74, 6) is 0.575. The van der Waals surface area contributed by atoms with E-state index in [-0.39, 0.29) is 16.2 Å². The quantitative estimate of drug-likeness (QED) is 0.773. The Labute approximate surface area is 134 Å². The fourth-order valence-electron chi connectivity index (χ4n) is 2.62. The van der Waals surface area contributed by atoms with Crippen LogP contribution in [-0.2, 0) is 10.0 Å². The Balaban J connectivity index is 2.12. The van der Waals surface area contributed by atoms with Crippen molar-refractivity contribution in [2.24, 2.45) is 11.8 Å². The molecule has 2 N–H and O–H groups in total. The molecule has 2 rings (SSSR count). The molecule has 1 aliphatic rings. The van der Waals surface area contributed by atoms with Crippen molar-refractivity contribution in [2.75, 3.05) is 6.54 Å². The van der Waals surface area contributed by atoms with Gasteiger partial charge in [0.25, 0.3) is 0 Å². The molecule has 1 aromatic rings. The first-order chi connectivity index (χ1) is 9.44. The maximum atomic E-state index is 12.4. The second kappa shape index (κ2) is 6.70. The molecule has 1 aromatic heterocycles. The van der Waals surface area contributed by atoms with Crippen LogP contribution in [0.15, 0.2) is 16.3 Å². The number of thiophene rings is 1. The molecular formula is C12H17ClN2O2S3. The van der Waals surface area contributed by atoms with Gasteiger partial charge in [0.1, 0.15) is 4.21 Å². The van der Waals surface area contributed by atoms with Crippen LogP contribution in [0, 0.1) is 11.8 Å². The number of nitrogens with one attached hydrogen (secondary N) is 2. The van der Waals surface area contributed by atoms with Crippen LogP contribution in [0.1, 0.15) is 19.8 Å². The van der Waals surface area contributed by atoms with Crippen LogP contribution in [0.4, 0.5) is 0 Å². The SMILES string of the molecule is CC1CCC(CNC=S)C1NS(=O)(=O)c1ccc(Cl)s1. The minimum Gasteiger partial charge on any atom is -0.382 e. The highest BCUT2D eigenvalue weighted by molar-refractivity contribution is 7.91. The molecule has 0 bridgehead atoms. The van der Waals surface area contributed by atoms with E-state index in [1.165, 1.54) is 5.49 Å². The number of hydrogen-bond donors (Lipinski definition) is 2. The predicted octanol–water partition coefficient (Wildman–Crippen LogP) is 2.64. The van der Waals surface area contributed by atoms with Crippen molar-refractivity contribution in [3.8, 4) is 0 Å². The van der Waals surface area contributed by atoms with Crippen molar-refractivity contribution in [2.45, 2.75) is 30.0 Å². The zero-order chi connectivity index (χ0) is 14.8. The summed E-state index contributed by atoms with van der Waals surface area (Å²) in [6.07, 6.45) is 2.01. The molecule has 3 atom stereocenters. The molecule has 1 saturated carbocycles. The van der Waals surface area contributed by atoms with Gasteiger partial charge in [-0.25, -0.2) is 13.1 Å². The van der Waals surface area contributed by atoms with Gasteiger partial charge < -0.3 is 5.32 Å². The molecule has 4 nitrogen and oxygen atoms in total. The van der Waals surface area contributed by atoms with Gasteiger partial charge in [-0.1, -0.05) is 30.7 Å². The van der Waals surface area contributed by atoms with Crippen molar-refractivity contribution < 1.29 is 8.42 Å². The summed E-state index contributed by atoms with van der Waals surface area (Å²) in [6.45, 7) is 2.78. The van der Waals surface area contributed by atoms with Gasteiger partial charge in [0.2, 0.25) is 10.0 Å². The zero-order valence-electron chi connectivity index (χ0n) is 11.0. The van der Waals surface area contributed by atoms with Gasteiger partial charge in [-0.2, -0.15) is 0 Å². The topological polar surface area (TPSA) is 58.2 Å². The van der Waals surface area contributed by atoms with Crippen molar-refractivity contribution in [1.29, 1.82) is 0 Å². The Morgan fingerprint density at radius 2 is 2.25 bits per heavy atom. The highest BCUT2D eigenvalue weighted by Gasteiger charge is 2.36. The van der Waals surface area contributed by atoms with Gasteiger partial charge in [0.15, 0.2) is 0 Å². The van der Waals surface area contributed by atoms with Crippen molar-refractivity contribution in [3.05, 3.63) is 16.5 Å². The van der Waals surface area contributed by atoms with E-state index in [0.717, 1.165) is 24.2 Å². The lowest BCUT2D eigenvalue weighted by Crippen LogP contribution is -2.43. The van der Waals surface area contributed by atoms with E-state index >= 15 is 0 Å². The maximum absolute atomic E-state index is 12.4. The van der Waals surface area contributed by atoms with E-state index in [1.54, 1.807) is 12.1 Å². The lowest BCUT2D eigenvalue weighted by atomic mass is 10.0. The van der Waals surface area contributed by atoms with Crippen molar-refractivity contribution >= 4 is 50.7 Å². The lowest BCUT2D eigenvalue weighted by Gasteiger charge is -2.23. The Kier molecular flexibility index (Phi) is 5.42. The number of halogens is 1. The fourth-order valence-corrected chi connectivity index (χ4v) is 5.63. The number of sulfonamides is 1. The number of rotatable bonds is 6. The molecule has 0 spiro atoms. The standard InChI is InChI=1S/C12H17ClN2O2S3/c1-8-2-3-9(6-14-7-18)12(8)15-20(16,17)11-5-4-10(13)19-11/h4-5,7-9,12,15H,2-3,6H2,1H3,(H,14,18). The molecular weight excluding hydrogens is 336 g/mol. The summed E-state index contributed by atoms with van der Waals surface area (Å²) < 4.78 is 28.3. The van der Waals surface area contributed by atoms with Gasteiger partial charge in [-0.3, -0.25) is 0 Å². The number of thiocarbonyl (C=S) groups is 1. The van der Waals surface area contributed by atoms with Gasteiger partial charge in [-0.15, -0.1) is 11.3 Å². The third-order valence-electron chi connectivity index (χ3n) is 3.68. The summed E-state index contributed by atoms with van der Waals surface area (Å²) in [7, 11) is -3.49. The molecule has 0 amide bonds. The van der Waals surface area contributed by atoms with Crippen LogP contribution < -0.4 is 10.0 Å². The van der Waals surface area contributed by atoms with E-state index in [0.29, 0.717) is 16.8 Å². The molecule has 1 aliphatic carbocycles. The maximum Gasteiger partial charge on any atom is 0.250 e. The third-order valence-corrected chi connectivity index (χ3v) is 7.03. The van der Waals surface area contributed by atoms with Crippen LogP contribution in [0.2, 0.25) is 4.34 Å². The Bertz CT molecular complexity index is 573. The van der Waals surface area contributed by atoms with Gasteiger partial charge in [0, 0.05) is 12.6 Å². The molecule has 0 aromatic carbocycles. The second-order valence-electron chi connectivity index (χ2n) is 5.05. The monoisotopic (exact) mass is 352 g/mol. The third kappa shape index (κ3) is 3.71. The Morgan fingerprint density at radius 1 is 1.50 bits per heavy atom. The van der Waals surface area contributed by atoms with Crippen LogP contribution in [0.25, 0.3) is 0 Å². The average Bonchev–Trinajstić information content (AvgIpc) is 2.96. The first-order valence-corrected chi connectivity index (χ1v) is 9.53. The second-order valence-corrected chi connectivity index (χ2v) is 8.94. The average molecular weight is 353 g/mol. The van der Waals surface area contributed by atoms with Gasteiger partial charge >= 0.3 is 0 Å². The molecule has 3 unspecified atom stereocenters. The van der Waals surface area contributed by atoms with Gasteiger partial charge in [-0.05, 0) is 36.8 Å². The Morgan fingerprint density at radius 3 is 2.85 bits per heavy atom. The summed E-state index contributed by atoms with van der Waals surface area (Å²) in [5, 5.41) is 3.01. The summed E-state index contributed by atoms with van der Waals surface area (Å²) >= 11 is 11.6. The first-order valence-electron chi connectivity index (χ1n) is 6.38. The van der Waals surface area contributed by atoms with E-state index in [4.69, 9.17) is 23.8 Å². The molecule has 0 radical (unpaired) electrons. The Hall–Kier alpha value is -0.210. The summed E-state index contributed by atoms with van der Waals surface area (Å²) in [6, 6.07) is 3.08. The van der Waals surface area contributed by atoms with Gasteiger partial charge in [0.05, 0.1) is 9.83 Å². The van der Waals surface area contributed by atoms with E-state index < -0.39 is 10.0 Å². The lowest BCUT2D eigenvalue weighted by molar-refractivity contribution is 0.393. The van der Waals surface area contributed by atoms with E-state index in [2.05, 4.69) is 17.0 Å². The molecule has 1 fully saturated rings. The first kappa shape index (κ1) is 16.2. The molecule has 0 aliphatic heterocycles. The molecule has 8 heteroatoms. The normalized spacial score (nSPS) is 26.6. The predicted molar refractivity (Wildman–Crippen MR) is 87.0 cm³/mol. The van der Waals surface area contributed by atoms with Crippen LogP contribution in [0.5, 0.6) is 0 Å². The van der Waals surface area contributed by atoms with Crippen LogP contribution in [0.3, 0.4) is 0 Å². The van der Waals surface area contributed by atoms with Crippen LogP contribution >= 0.6 is 35.2 Å². The highest BCUT2D eigenvalue weighted by Crippen LogP contribution is 2.33. The van der Waals surface area contributed by atoms with E-state index in [9.17, 15) is 8.42 Å². The number of hydrogen-bond acceptors (Lipinski definition) is 4. The zero-order valence-corrected chi connectivity index (χ0v) is 14.2. The molecule has 20 heavy (non-hydrogen) atoms. The highest BCUT2D eigenvalue weighted by atomic mass is 35.5. The van der Waals surface area contributed by atoms with Crippen molar-refractivity contribution in [1.82, 2.24) is 10.0 Å².